The van der Waals surface area contributed by atoms with Gasteiger partial charge in [0.05, 0.1) is 6.26 Å². The van der Waals surface area contributed by atoms with Crippen LogP contribution in [0.25, 0.3) is 0 Å². The van der Waals surface area contributed by atoms with E-state index >= 15 is 0 Å². The Labute approximate surface area is 78.3 Å². The highest BCUT2D eigenvalue weighted by molar-refractivity contribution is 5.93. The normalized spacial score (nSPS) is 10.7. The number of carbonyl (C=O) groups excluding carboxylic acids is 1. The standard InChI is InChI=1S/C10H15NO2/c1-3-11(2)7-6-9(12)10-5-4-8-13-10/h4-5,8H,3,6-7H2,1-2H3. The van der Waals surface area contributed by atoms with Crippen molar-refractivity contribution in [2.45, 2.75) is 13.3 Å². The van der Waals surface area contributed by atoms with Crippen LogP contribution in [0.2, 0.25) is 0 Å². The van der Waals surface area contributed by atoms with Crippen LogP contribution in [0.4, 0.5) is 0 Å². The number of Topliss-reactive ketones (excluding diaryl/α,β-unsaturated/α-hetero) is 1. The van der Waals surface area contributed by atoms with Gasteiger partial charge < -0.3 is 9.32 Å². The third-order valence-electron chi connectivity index (χ3n) is 2.06. The number of hydrogen-bond acceptors (Lipinski definition) is 3. The Balaban J connectivity index is 2.35. The monoisotopic (exact) mass is 181 g/mol. The molecule has 1 heterocycles. The molecule has 0 unspecified atom stereocenters. The van der Waals surface area contributed by atoms with E-state index in [1.54, 1.807) is 12.1 Å². The molecule has 0 saturated carbocycles. The second kappa shape index (κ2) is 4.82. The number of hydrogen-bond donors (Lipinski definition) is 0. The number of rotatable bonds is 5. The quantitative estimate of drug-likeness (QED) is 0.649. The molecule has 1 aromatic heterocycles. The largest absolute Gasteiger partial charge is 0.461 e. The van der Waals surface area contributed by atoms with Gasteiger partial charge in [0.25, 0.3) is 0 Å². The third-order valence-corrected chi connectivity index (χ3v) is 2.06. The van der Waals surface area contributed by atoms with Crippen LogP contribution in [-0.4, -0.2) is 30.8 Å². The summed E-state index contributed by atoms with van der Waals surface area (Å²) in [7, 11) is 2.00. The van der Waals surface area contributed by atoms with Crippen molar-refractivity contribution >= 4 is 5.78 Å². The predicted octanol–water partition coefficient (Wildman–Crippen LogP) is 1.80. The molecule has 0 fully saturated rings. The highest BCUT2D eigenvalue weighted by Gasteiger charge is 2.08. The Bertz CT molecular complexity index is 254. The summed E-state index contributed by atoms with van der Waals surface area (Å²) in [6.07, 6.45) is 2.05. The van der Waals surface area contributed by atoms with Gasteiger partial charge in [-0.15, -0.1) is 0 Å². The van der Waals surface area contributed by atoms with E-state index in [0.29, 0.717) is 12.2 Å². The van der Waals surface area contributed by atoms with E-state index < -0.39 is 0 Å². The van der Waals surface area contributed by atoms with Crippen LogP contribution in [0.3, 0.4) is 0 Å². The van der Waals surface area contributed by atoms with Gasteiger partial charge in [0.15, 0.2) is 11.5 Å². The Hall–Kier alpha value is -1.09. The molecule has 0 atom stereocenters. The molecule has 0 radical (unpaired) electrons. The Morgan fingerprint density at radius 2 is 2.38 bits per heavy atom. The Morgan fingerprint density at radius 3 is 2.92 bits per heavy atom. The summed E-state index contributed by atoms with van der Waals surface area (Å²) in [6.45, 7) is 3.82. The molecule has 0 aliphatic carbocycles. The van der Waals surface area contributed by atoms with Gasteiger partial charge >= 0.3 is 0 Å². The van der Waals surface area contributed by atoms with Gasteiger partial charge in [-0.3, -0.25) is 4.79 Å². The van der Waals surface area contributed by atoms with Crippen molar-refractivity contribution in [3.63, 3.8) is 0 Å². The first-order chi connectivity index (χ1) is 6.24. The minimum Gasteiger partial charge on any atom is -0.461 e. The van der Waals surface area contributed by atoms with Gasteiger partial charge in [0.1, 0.15) is 0 Å². The Morgan fingerprint density at radius 1 is 1.62 bits per heavy atom. The van der Waals surface area contributed by atoms with Crippen molar-refractivity contribution in [1.82, 2.24) is 4.90 Å². The molecule has 0 amide bonds. The van der Waals surface area contributed by atoms with Crippen LogP contribution >= 0.6 is 0 Å². The smallest absolute Gasteiger partial charge is 0.199 e. The molecule has 0 aromatic carbocycles. The fourth-order valence-electron chi connectivity index (χ4n) is 1.01. The van der Waals surface area contributed by atoms with Crippen molar-refractivity contribution in [3.8, 4) is 0 Å². The van der Waals surface area contributed by atoms with E-state index in [1.165, 1.54) is 6.26 Å². The second-order valence-electron chi connectivity index (χ2n) is 3.05. The van der Waals surface area contributed by atoms with Crippen molar-refractivity contribution in [3.05, 3.63) is 24.2 Å². The maximum Gasteiger partial charge on any atom is 0.199 e. The molecule has 0 bridgehead atoms. The number of carbonyl (C=O) groups is 1. The third kappa shape index (κ3) is 3.03. The molecule has 0 spiro atoms. The summed E-state index contributed by atoms with van der Waals surface area (Å²) in [4.78, 5) is 13.5. The lowest BCUT2D eigenvalue weighted by Crippen LogP contribution is -2.21. The van der Waals surface area contributed by atoms with Crippen molar-refractivity contribution < 1.29 is 9.21 Å². The van der Waals surface area contributed by atoms with E-state index in [1.807, 2.05) is 7.05 Å². The molecule has 1 rings (SSSR count). The maximum absolute atomic E-state index is 11.4. The fourth-order valence-corrected chi connectivity index (χ4v) is 1.01. The molecule has 0 N–H and O–H groups in total. The summed E-state index contributed by atoms with van der Waals surface area (Å²) in [5.74, 6) is 0.537. The van der Waals surface area contributed by atoms with E-state index in [2.05, 4.69) is 11.8 Å². The van der Waals surface area contributed by atoms with Gasteiger partial charge in [-0.2, -0.15) is 0 Å². The Kier molecular flexibility index (Phi) is 3.71. The first-order valence-corrected chi connectivity index (χ1v) is 4.49. The van der Waals surface area contributed by atoms with Crippen LogP contribution in [0.15, 0.2) is 22.8 Å². The fraction of sp³-hybridized carbons (Fsp3) is 0.500. The molecule has 13 heavy (non-hydrogen) atoms. The van der Waals surface area contributed by atoms with Gasteiger partial charge in [-0.1, -0.05) is 6.92 Å². The van der Waals surface area contributed by atoms with Crippen molar-refractivity contribution in [2.75, 3.05) is 20.1 Å². The molecular weight excluding hydrogens is 166 g/mol. The first-order valence-electron chi connectivity index (χ1n) is 4.49. The lowest BCUT2D eigenvalue weighted by atomic mass is 10.2. The number of ketones is 1. The average Bonchev–Trinajstić information content (AvgIpc) is 2.66. The van der Waals surface area contributed by atoms with Crippen LogP contribution in [0.1, 0.15) is 23.9 Å². The zero-order valence-electron chi connectivity index (χ0n) is 8.12. The molecule has 1 aromatic rings. The predicted molar refractivity (Wildman–Crippen MR) is 50.8 cm³/mol. The van der Waals surface area contributed by atoms with Gasteiger partial charge in [0, 0.05) is 13.0 Å². The van der Waals surface area contributed by atoms with Crippen LogP contribution in [-0.2, 0) is 0 Å². The molecule has 0 aliphatic rings. The summed E-state index contributed by atoms with van der Waals surface area (Å²) >= 11 is 0. The average molecular weight is 181 g/mol. The van der Waals surface area contributed by atoms with Gasteiger partial charge in [0.2, 0.25) is 0 Å². The molecule has 3 heteroatoms. The maximum atomic E-state index is 11.4. The van der Waals surface area contributed by atoms with Crippen molar-refractivity contribution in [2.24, 2.45) is 0 Å². The van der Waals surface area contributed by atoms with Crippen LogP contribution < -0.4 is 0 Å². The van der Waals surface area contributed by atoms with Crippen LogP contribution in [0, 0.1) is 0 Å². The van der Waals surface area contributed by atoms with Crippen LogP contribution in [0.5, 0.6) is 0 Å². The summed E-state index contributed by atoms with van der Waals surface area (Å²) in [6, 6.07) is 3.44. The highest BCUT2D eigenvalue weighted by atomic mass is 16.3. The molecule has 72 valence electrons. The van der Waals surface area contributed by atoms with E-state index in [4.69, 9.17) is 4.42 Å². The molecule has 0 aliphatic heterocycles. The van der Waals surface area contributed by atoms with Gasteiger partial charge in [-0.25, -0.2) is 0 Å². The SMILES string of the molecule is CCN(C)CCC(=O)c1ccco1. The second-order valence-corrected chi connectivity index (χ2v) is 3.05. The number of furan rings is 1. The zero-order chi connectivity index (χ0) is 9.68. The summed E-state index contributed by atoms with van der Waals surface area (Å²) in [5.41, 5.74) is 0. The van der Waals surface area contributed by atoms with E-state index in [0.717, 1.165) is 13.1 Å². The lowest BCUT2D eigenvalue weighted by Gasteiger charge is -2.11. The zero-order valence-corrected chi connectivity index (χ0v) is 8.12. The topological polar surface area (TPSA) is 33.5 Å². The van der Waals surface area contributed by atoms with E-state index in [-0.39, 0.29) is 5.78 Å². The molecule has 0 saturated heterocycles. The minimum absolute atomic E-state index is 0.0744. The molecule has 3 nitrogen and oxygen atoms in total. The minimum atomic E-state index is 0.0744. The van der Waals surface area contributed by atoms with Gasteiger partial charge in [-0.05, 0) is 25.7 Å². The molecular formula is C10H15NO2. The first kappa shape index (κ1) is 9.99. The van der Waals surface area contributed by atoms with Crippen molar-refractivity contribution in [1.29, 1.82) is 0 Å². The summed E-state index contributed by atoms with van der Waals surface area (Å²) < 4.78 is 4.99. The van der Waals surface area contributed by atoms with E-state index in [9.17, 15) is 4.79 Å². The summed E-state index contributed by atoms with van der Waals surface area (Å²) in [5, 5.41) is 0. The lowest BCUT2D eigenvalue weighted by molar-refractivity contribution is 0.0943. The number of nitrogens with zero attached hydrogens (tertiary/aromatic N) is 1. The highest BCUT2D eigenvalue weighted by Crippen LogP contribution is 2.04.